The zero-order chi connectivity index (χ0) is 13.0. The van der Waals surface area contributed by atoms with E-state index < -0.39 is 16.6 Å². The average molecular weight is 288 g/mol. The zero-order valence-electron chi connectivity index (χ0n) is 10.4. The second kappa shape index (κ2) is 6.42. The van der Waals surface area contributed by atoms with Gasteiger partial charge in [0.15, 0.2) is 0 Å². The van der Waals surface area contributed by atoms with Crippen LogP contribution in [0.4, 0.5) is 0 Å². The standard InChI is InChI=1S/C8H21N2O3PS2/c1-6-7-8(2)13-14(15,9-3)10(4)16(5,11)12/h8H,6-7H2,1-5H3,(H,9,15). The summed E-state index contributed by atoms with van der Waals surface area (Å²) in [4.78, 5) is 0. The summed E-state index contributed by atoms with van der Waals surface area (Å²) in [5, 5.41) is 2.82. The topological polar surface area (TPSA) is 58.6 Å². The van der Waals surface area contributed by atoms with Crippen LogP contribution in [0.2, 0.25) is 0 Å². The molecule has 0 fully saturated rings. The molecule has 8 heteroatoms. The Kier molecular flexibility index (Phi) is 6.62. The molecule has 0 radical (unpaired) electrons. The summed E-state index contributed by atoms with van der Waals surface area (Å²) in [6.45, 7) is 1.28. The van der Waals surface area contributed by atoms with E-state index in [2.05, 4.69) is 5.09 Å². The van der Waals surface area contributed by atoms with Gasteiger partial charge < -0.3 is 4.52 Å². The summed E-state index contributed by atoms with van der Waals surface area (Å²) in [6.07, 6.45) is 2.91. The molecule has 0 rings (SSSR count). The molecule has 0 aliphatic carbocycles. The summed E-state index contributed by atoms with van der Waals surface area (Å²) >= 11 is 5.29. The molecule has 0 amide bonds. The van der Waals surface area contributed by atoms with Crippen LogP contribution < -0.4 is 5.09 Å². The van der Waals surface area contributed by atoms with Crippen molar-refractivity contribution in [3.8, 4) is 0 Å². The molecule has 0 spiro atoms. The van der Waals surface area contributed by atoms with Crippen LogP contribution >= 0.6 is 6.57 Å². The lowest BCUT2D eigenvalue weighted by Crippen LogP contribution is -2.30. The van der Waals surface area contributed by atoms with E-state index in [1.807, 2.05) is 13.8 Å². The van der Waals surface area contributed by atoms with Crippen molar-refractivity contribution in [3.63, 3.8) is 0 Å². The third-order valence-electron chi connectivity index (χ3n) is 2.15. The quantitative estimate of drug-likeness (QED) is 0.720. The van der Waals surface area contributed by atoms with Crippen molar-refractivity contribution in [3.05, 3.63) is 0 Å². The largest absolute Gasteiger partial charge is 0.323 e. The molecule has 0 aromatic carbocycles. The normalized spacial score (nSPS) is 18.4. The summed E-state index contributed by atoms with van der Waals surface area (Å²) in [5.74, 6) is 0. The highest BCUT2D eigenvalue weighted by Crippen LogP contribution is 2.48. The van der Waals surface area contributed by atoms with Crippen LogP contribution in [0.5, 0.6) is 0 Å². The first-order chi connectivity index (χ1) is 7.17. The van der Waals surface area contributed by atoms with Gasteiger partial charge in [-0.2, -0.15) is 0 Å². The molecule has 0 aromatic rings. The van der Waals surface area contributed by atoms with Crippen LogP contribution in [0.15, 0.2) is 0 Å². The van der Waals surface area contributed by atoms with Gasteiger partial charge in [-0.1, -0.05) is 13.3 Å². The van der Waals surface area contributed by atoms with Gasteiger partial charge in [0.25, 0.3) is 0 Å². The molecule has 0 bridgehead atoms. The Morgan fingerprint density at radius 2 is 2.06 bits per heavy atom. The second-order valence-electron chi connectivity index (χ2n) is 3.65. The highest BCUT2D eigenvalue weighted by Gasteiger charge is 2.30. The molecule has 0 aromatic heterocycles. The van der Waals surface area contributed by atoms with Gasteiger partial charge in [0, 0.05) is 7.05 Å². The third-order valence-corrected chi connectivity index (χ3v) is 8.49. The Morgan fingerprint density at radius 1 is 1.56 bits per heavy atom. The van der Waals surface area contributed by atoms with Crippen molar-refractivity contribution in [2.45, 2.75) is 32.8 Å². The molecule has 5 nitrogen and oxygen atoms in total. The van der Waals surface area contributed by atoms with E-state index in [0.717, 1.165) is 23.2 Å². The van der Waals surface area contributed by atoms with Gasteiger partial charge >= 0.3 is 0 Å². The fourth-order valence-electron chi connectivity index (χ4n) is 1.16. The summed E-state index contributed by atoms with van der Waals surface area (Å²) < 4.78 is 29.7. The summed E-state index contributed by atoms with van der Waals surface area (Å²) in [6, 6.07) is 0. The molecule has 0 aliphatic rings. The summed E-state index contributed by atoms with van der Waals surface area (Å²) in [5.41, 5.74) is 0. The van der Waals surface area contributed by atoms with Crippen LogP contribution in [0.1, 0.15) is 26.7 Å². The lowest BCUT2D eigenvalue weighted by atomic mass is 10.2. The maximum absolute atomic E-state index is 11.4. The van der Waals surface area contributed by atoms with Crippen molar-refractivity contribution in [2.24, 2.45) is 0 Å². The van der Waals surface area contributed by atoms with Crippen molar-refractivity contribution < 1.29 is 12.9 Å². The fourth-order valence-corrected chi connectivity index (χ4v) is 5.72. The van der Waals surface area contributed by atoms with Gasteiger partial charge in [-0.3, -0.25) is 5.09 Å². The van der Waals surface area contributed by atoms with Crippen molar-refractivity contribution in [2.75, 3.05) is 20.4 Å². The maximum atomic E-state index is 11.4. The Hall–Kier alpha value is 0.480. The van der Waals surface area contributed by atoms with Crippen molar-refractivity contribution in [1.29, 1.82) is 0 Å². The maximum Gasteiger partial charge on any atom is 0.217 e. The van der Waals surface area contributed by atoms with Crippen LogP contribution in [0.25, 0.3) is 0 Å². The predicted molar refractivity (Wildman–Crippen MR) is 71.4 cm³/mol. The van der Waals surface area contributed by atoms with E-state index in [1.54, 1.807) is 7.05 Å². The van der Waals surface area contributed by atoms with Gasteiger partial charge in [-0.15, -0.1) is 4.08 Å². The molecule has 0 saturated carbocycles. The van der Waals surface area contributed by atoms with E-state index in [9.17, 15) is 8.42 Å². The fraction of sp³-hybridized carbons (Fsp3) is 1.00. The first-order valence-corrected chi connectivity index (χ1v) is 9.61. The first-order valence-electron chi connectivity index (χ1n) is 5.09. The minimum absolute atomic E-state index is 0.0486. The van der Waals surface area contributed by atoms with Crippen LogP contribution in [-0.2, 0) is 26.4 Å². The lowest BCUT2D eigenvalue weighted by molar-refractivity contribution is 0.220. The molecule has 2 atom stereocenters. The van der Waals surface area contributed by atoms with Crippen LogP contribution in [0, 0.1) is 0 Å². The number of nitrogens with one attached hydrogen (secondary N) is 1. The molecular weight excluding hydrogens is 267 g/mol. The highest BCUT2D eigenvalue weighted by atomic mass is 32.5. The average Bonchev–Trinajstić information content (AvgIpc) is 2.15. The molecular formula is C8H21N2O3PS2. The van der Waals surface area contributed by atoms with E-state index in [4.69, 9.17) is 16.3 Å². The number of sulfonamides is 1. The Balaban J connectivity index is 4.86. The SMILES string of the molecule is CCCC(C)OP(=S)(NC)N(C)S(C)(=O)=O. The molecule has 2 unspecified atom stereocenters. The first kappa shape index (κ1) is 16.5. The molecule has 98 valence electrons. The van der Waals surface area contributed by atoms with Crippen molar-refractivity contribution in [1.82, 2.24) is 9.16 Å². The van der Waals surface area contributed by atoms with Gasteiger partial charge in [0.2, 0.25) is 16.6 Å². The highest BCUT2D eigenvalue weighted by molar-refractivity contribution is 8.14. The lowest BCUT2D eigenvalue weighted by Gasteiger charge is -2.31. The van der Waals surface area contributed by atoms with Gasteiger partial charge in [0.05, 0.1) is 12.4 Å². The zero-order valence-corrected chi connectivity index (χ0v) is 13.0. The monoisotopic (exact) mass is 288 g/mol. The number of hydrogen-bond donors (Lipinski definition) is 1. The Labute approximate surface area is 104 Å². The third kappa shape index (κ3) is 4.77. The van der Waals surface area contributed by atoms with E-state index in [1.165, 1.54) is 7.05 Å². The molecule has 0 aliphatic heterocycles. The number of rotatable bonds is 7. The van der Waals surface area contributed by atoms with Crippen molar-refractivity contribution >= 4 is 28.4 Å². The van der Waals surface area contributed by atoms with Gasteiger partial charge in [-0.25, -0.2) is 8.42 Å². The minimum Gasteiger partial charge on any atom is -0.323 e. The molecule has 0 saturated heterocycles. The Morgan fingerprint density at radius 3 is 2.38 bits per heavy atom. The molecule has 0 heterocycles. The van der Waals surface area contributed by atoms with Crippen LogP contribution in [-0.4, -0.2) is 38.9 Å². The van der Waals surface area contributed by atoms with Gasteiger partial charge in [-0.05, 0) is 32.2 Å². The smallest absolute Gasteiger partial charge is 0.217 e. The van der Waals surface area contributed by atoms with E-state index in [0.29, 0.717) is 0 Å². The number of nitrogens with zero attached hydrogens (tertiary/aromatic N) is 1. The second-order valence-corrected chi connectivity index (χ2v) is 9.71. The van der Waals surface area contributed by atoms with E-state index in [-0.39, 0.29) is 6.10 Å². The molecule has 16 heavy (non-hydrogen) atoms. The number of hydrogen-bond acceptors (Lipinski definition) is 4. The predicted octanol–water partition coefficient (Wildman–Crippen LogP) is 1.53. The summed E-state index contributed by atoms with van der Waals surface area (Å²) in [7, 11) is -0.266. The van der Waals surface area contributed by atoms with E-state index >= 15 is 0 Å². The Bertz CT molecular complexity index is 358. The van der Waals surface area contributed by atoms with Gasteiger partial charge in [0.1, 0.15) is 0 Å². The minimum atomic E-state index is -3.34. The molecule has 1 N–H and O–H groups in total. The van der Waals surface area contributed by atoms with Crippen LogP contribution in [0.3, 0.4) is 0 Å².